The minimum Gasteiger partial charge on any atom is -0.317 e. The predicted octanol–water partition coefficient (Wildman–Crippen LogP) is 3.18. The monoisotopic (exact) mass is 203 g/mol. The Hall–Kier alpha value is -0.820. The Morgan fingerprint density at radius 1 is 1.33 bits per heavy atom. The Bertz CT molecular complexity index is 293. The van der Waals surface area contributed by atoms with Crippen molar-refractivity contribution in [2.45, 2.75) is 38.1 Å². The molecule has 1 nitrogen and oxygen atoms in total. The van der Waals surface area contributed by atoms with Crippen LogP contribution < -0.4 is 5.32 Å². The van der Waals surface area contributed by atoms with Crippen LogP contribution in [0.15, 0.2) is 30.3 Å². The Morgan fingerprint density at radius 3 is 2.67 bits per heavy atom. The van der Waals surface area contributed by atoms with Gasteiger partial charge in [-0.3, -0.25) is 0 Å². The highest BCUT2D eigenvalue weighted by Gasteiger charge is 2.42. The van der Waals surface area contributed by atoms with Crippen LogP contribution >= 0.6 is 0 Å². The van der Waals surface area contributed by atoms with E-state index in [4.69, 9.17) is 0 Å². The van der Waals surface area contributed by atoms with Crippen molar-refractivity contribution in [2.24, 2.45) is 5.92 Å². The maximum Gasteiger partial charge on any atom is 0.00982 e. The van der Waals surface area contributed by atoms with E-state index in [2.05, 4.69) is 49.6 Å². The highest BCUT2D eigenvalue weighted by molar-refractivity contribution is 5.26. The van der Waals surface area contributed by atoms with Crippen molar-refractivity contribution in [3.63, 3.8) is 0 Å². The minimum absolute atomic E-state index is 0.722. The SMILES string of the molecule is CCCC(NC)C1CC1c1ccccc1. The molecule has 1 aliphatic rings. The van der Waals surface area contributed by atoms with Crippen LogP contribution in [0.5, 0.6) is 0 Å². The molecule has 15 heavy (non-hydrogen) atoms. The van der Waals surface area contributed by atoms with Gasteiger partial charge in [0.05, 0.1) is 0 Å². The standard InChI is InChI=1S/C14H21N/c1-3-7-14(15-2)13-10-12(13)11-8-5-4-6-9-11/h4-6,8-9,12-15H,3,7,10H2,1-2H3. The van der Waals surface area contributed by atoms with E-state index in [0.717, 1.165) is 17.9 Å². The van der Waals surface area contributed by atoms with Gasteiger partial charge in [-0.25, -0.2) is 0 Å². The highest BCUT2D eigenvalue weighted by atomic mass is 14.9. The first-order valence-corrected chi connectivity index (χ1v) is 6.09. The van der Waals surface area contributed by atoms with E-state index >= 15 is 0 Å². The van der Waals surface area contributed by atoms with Crippen LogP contribution in [0.3, 0.4) is 0 Å². The van der Waals surface area contributed by atoms with Crippen molar-refractivity contribution >= 4 is 0 Å². The molecule has 82 valence electrons. The molecule has 0 bridgehead atoms. The molecule has 0 amide bonds. The lowest BCUT2D eigenvalue weighted by Crippen LogP contribution is -2.27. The number of rotatable bonds is 5. The Morgan fingerprint density at radius 2 is 2.07 bits per heavy atom. The maximum atomic E-state index is 3.46. The molecule has 0 aromatic heterocycles. The normalized spacial score (nSPS) is 26.3. The third-order valence-electron chi connectivity index (χ3n) is 3.55. The van der Waals surface area contributed by atoms with Gasteiger partial charge in [0.25, 0.3) is 0 Å². The Kier molecular flexibility index (Phi) is 3.42. The molecule has 0 spiro atoms. The first-order valence-electron chi connectivity index (χ1n) is 6.09. The molecule has 3 unspecified atom stereocenters. The summed E-state index contributed by atoms with van der Waals surface area (Å²) in [5, 5.41) is 3.46. The summed E-state index contributed by atoms with van der Waals surface area (Å²) in [7, 11) is 2.10. The Balaban J connectivity index is 1.95. The number of hydrogen-bond donors (Lipinski definition) is 1. The predicted molar refractivity (Wildman–Crippen MR) is 65.0 cm³/mol. The minimum atomic E-state index is 0.722. The van der Waals surface area contributed by atoms with Gasteiger partial charge in [-0.1, -0.05) is 43.7 Å². The lowest BCUT2D eigenvalue weighted by Gasteiger charge is -2.14. The van der Waals surface area contributed by atoms with E-state index < -0.39 is 0 Å². The molecule has 2 rings (SSSR count). The summed E-state index contributed by atoms with van der Waals surface area (Å²) < 4.78 is 0. The lowest BCUT2D eigenvalue weighted by molar-refractivity contribution is 0.457. The fraction of sp³-hybridized carbons (Fsp3) is 0.571. The molecular formula is C14H21N. The molecule has 1 heteroatoms. The van der Waals surface area contributed by atoms with Crippen molar-refractivity contribution in [2.75, 3.05) is 7.05 Å². The van der Waals surface area contributed by atoms with E-state index in [0.29, 0.717) is 0 Å². The van der Waals surface area contributed by atoms with Gasteiger partial charge in [0.1, 0.15) is 0 Å². The second kappa shape index (κ2) is 4.80. The molecule has 1 fully saturated rings. The van der Waals surface area contributed by atoms with Crippen LogP contribution in [0.4, 0.5) is 0 Å². The first kappa shape index (κ1) is 10.7. The zero-order valence-corrected chi connectivity index (χ0v) is 9.74. The van der Waals surface area contributed by atoms with Crippen LogP contribution in [0.2, 0.25) is 0 Å². The summed E-state index contributed by atoms with van der Waals surface area (Å²) in [6, 6.07) is 11.7. The molecule has 1 aromatic carbocycles. The zero-order chi connectivity index (χ0) is 10.7. The lowest BCUT2D eigenvalue weighted by atomic mass is 10.0. The van der Waals surface area contributed by atoms with Crippen molar-refractivity contribution in [3.05, 3.63) is 35.9 Å². The molecule has 3 atom stereocenters. The average molecular weight is 203 g/mol. The summed E-state index contributed by atoms with van der Waals surface area (Å²) in [4.78, 5) is 0. The average Bonchev–Trinajstić information content (AvgIpc) is 3.07. The molecule has 1 N–H and O–H groups in total. The number of nitrogens with one attached hydrogen (secondary N) is 1. The van der Waals surface area contributed by atoms with Crippen LogP contribution in [-0.4, -0.2) is 13.1 Å². The fourth-order valence-corrected chi connectivity index (χ4v) is 2.63. The molecule has 0 saturated heterocycles. The number of hydrogen-bond acceptors (Lipinski definition) is 1. The largest absolute Gasteiger partial charge is 0.317 e. The molecule has 0 radical (unpaired) electrons. The summed E-state index contributed by atoms with van der Waals surface area (Å²) in [5.41, 5.74) is 1.53. The Labute approximate surface area is 92.9 Å². The summed E-state index contributed by atoms with van der Waals surface area (Å²) in [5.74, 6) is 1.69. The zero-order valence-electron chi connectivity index (χ0n) is 9.74. The molecule has 0 heterocycles. The van der Waals surface area contributed by atoms with Crippen LogP contribution in [-0.2, 0) is 0 Å². The third-order valence-corrected chi connectivity index (χ3v) is 3.55. The fourth-order valence-electron chi connectivity index (χ4n) is 2.63. The van der Waals surface area contributed by atoms with Crippen LogP contribution in [0, 0.1) is 5.92 Å². The van der Waals surface area contributed by atoms with Gasteiger partial charge in [0.15, 0.2) is 0 Å². The molecule has 1 aliphatic carbocycles. The summed E-state index contributed by atoms with van der Waals surface area (Å²) in [6.45, 7) is 2.27. The summed E-state index contributed by atoms with van der Waals surface area (Å²) in [6.07, 6.45) is 3.96. The van der Waals surface area contributed by atoms with Crippen molar-refractivity contribution in [1.82, 2.24) is 5.32 Å². The van der Waals surface area contributed by atoms with Crippen molar-refractivity contribution < 1.29 is 0 Å². The van der Waals surface area contributed by atoms with Gasteiger partial charge >= 0.3 is 0 Å². The quantitative estimate of drug-likeness (QED) is 0.775. The first-order chi connectivity index (χ1) is 7.36. The van der Waals surface area contributed by atoms with Crippen molar-refractivity contribution in [3.8, 4) is 0 Å². The van der Waals surface area contributed by atoms with Crippen LogP contribution in [0.1, 0.15) is 37.7 Å². The van der Waals surface area contributed by atoms with Gasteiger partial charge in [-0.05, 0) is 37.3 Å². The van der Waals surface area contributed by atoms with Gasteiger partial charge in [0.2, 0.25) is 0 Å². The van der Waals surface area contributed by atoms with Gasteiger partial charge < -0.3 is 5.32 Å². The molecule has 1 aromatic rings. The van der Waals surface area contributed by atoms with E-state index in [1.54, 1.807) is 0 Å². The molecule has 0 aliphatic heterocycles. The van der Waals surface area contributed by atoms with E-state index in [1.165, 1.54) is 24.8 Å². The van der Waals surface area contributed by atoms with Crippen LogP contribution in [0.25, 0.3) is 0 Å². The molecular weight excluding hydrogens is 182 g/mol. The van der Waals surface area contributed by atoms with Gasteiger partial charge in [-0.15, -0.1) is 0 Å². The van der Waals surface area contributed by atoms with E-state index in [-0.39, 0.29) is 0 Å². The summed E-state index contributed by atoms with van der Waals surface area (Å²) >= 11 is 0. The van der Waals surface area contributed by atoms with Crippen molar-refractivity contribution in [1.29, 1.82) is 0 Å². The highest BCUT2D eigenvalue weighted by Crippen LogP contribution is 2.50. The molecule has 1 saturated carbocycles. The number of benzene rings is 1. The smallest absolute Gasteiger partial charge is 0.00982 e. The van der Waals surface area contributed by atoms with Gasteiger partial charge in [-0.2, -0.15) is 0 Å². The van der Waals surface area contributed by atoms with E-state index in [9.17, 15) is 0 Å². The maximum absolute atomic E-state index is 3.46. The second-order valence-electron chi connectivity index (χ2n) is 4.60. The third kappa shape index (κ3) is 2.40. The van der Waals surface area contributed by atoms with Gasteiger partial charge in [0, 0.05) is 6.04 Å². The second-order valence-corrected chi connectivity index (χ2v) is 4.60. The topological polar surface area (TPSA) is 12.0 Å². The van der Waals surface area contributed by atoms with E-state index in [1.807, 2.05) is 0 Å².